The molecule has 4 rings (SSSR count). The maximum Gasteiger partial charge on any atom is 0.416 e. The molecule has 0 radical (unpaired) electrons. The quantitative estimate of drug-likeness (QED) is 0.710. The molecule has 1 aromatic rings. The Hall–Kier alpha value is -2.68. The van der Waals surface area contributed by atoms with Crippen LogP contribution in [0.1, 0.15) is 36.3 Å². The minimum absolute atomic E-state index is 0.00606. The Morgan fingerprint density at radius 2 is 1.84 bits per heavy atom. The highest BCUT2D eigenvalue weighted by Crippen LogP contribution is 2.39. The number of dihydropyridines is 1. The zero-order valence-corrected chi connectivity index (χ0v) is 18.0. The molecule has 3 aliphatic rings. The molecule has 3 heterocycles. The number of carbonyl (C=O) groups excluding carboxylic acids is 2. The molecule has 0 saturated carbocycles. The molecule has 0 spiro atoms. The van der Waals surface area contributed by atoms with Crippen LogP contribution in [0.3, 0.4) is 0 Å². The van der Waals surface area contributed by atoms with E-state index in [4.69, 9.17) is 4.74 Å². The molecule has 0 atom stereocenters. The van der Waals surface area contributed by atoms with Crippen LogP contribution in [0.25, 0.3) is 0 Å². The standard InChI is InChI=1S/C23H26F3N3O3/c1-32-14-20(30)29-12-16-6-9-27-21(18(16)13-29)22(31)28-10-7-15(8-11-28)17-4-2-3-5-19(17)23(24,25)26/h2-5,15H,6-14H2,1H3. The lowest BCUT2D eigenvalue weighted by atomic mass is 9.86. The highest BCUT2D eigenvalue weighted by molar-refractivity contribution is 6.45. The van der Waals surface area contributed by atoms with Crippen molar-refractivity contribution in [2.75, 3.05) is 46.4 Å². The normalized spacial score (nSPS) is 19.8. The smallest absolute Gasteiger partial charge is 0.375 e. The molecule has 6 nitrogen and oxygen atoms in total. The van der Waals surface area contributed by atoms with Gasteiger partial charge in [-0.25, -0.2) is 0 Å². The topological polar surface area (TPSA) is 62.2 Å². The van der Waals surface area contributed by atoms with E-state index in [1.165, 1.54) is 19.2 Å². The molecule has 0 aromatic heterocycles. The number of amides is 2. The van der Waals surface area contributed by atoms with Gasteiger partial charge in [0.05, 0.1) is 5.56 Å². The minimum Gasteiger partial charge on any atom is -0.375 e. The lowest BCUT2D eigenvalue weighted by molar-refractivity contribution is -0.138. The third kappa shape index (κ3) is 4.44. The van der Waals surface area contributed by atoms with Gasteiger partial charge in [-0.2, -0.15) is 13.2 Å². The Morgan fingerprint density at radius 1 is 1.12 bits per heavy atom. The second kappa shape index (κ2) is 9.05. The molecule has 32 heavy (non-hydrogen) atoms. The van der Waals surface area contributed by atoms with E-state index in [0.717, 1.165) is 23.6 Å². The largest absolute Gasteiger partial charge is 0.416 e. The van der Waals surface area contributed by atoms with Gasteiger partial charge in [0, 0.05) is 45.4 Å². The second-order valence-electron chi connectivity index (χ2n) is 8.40. The number of piperidine rings is 1. The van der Waals surface area contributed by atoms with Crippen LogP contribution in [0.5, 0.6) is 0 Å². The van der Waals surface area contributed by atoms with Gasteiger partial charge in [0.15, 0.2) is 0 Å². The maximum absolute atomic E-state index is 13.4. The summed E-state index contributed by atoms with van der Waals surface area (Å²) >= 11 is 0. The fourth-order valence-corrected chi connectivity index (χ4v) is 4.80. The van der Waals surface area contributed by atoms with E-state index in [2.05, 4.69) is 4.99 Å². The average molecular weight is 449 g/mol. The fraction of sp³-hybridized carbons (Fsp3) is 0.522. The first-order chi connectivity index (χ1) is 15.3. The van der Waals surface area contributed by atoms with Gasteiger partial charge in [0.2, 0.25) is 5.91 Å². The van der Waals surface area contributed by atoms with Gasteiger partial charge in [0.1, 0.15) is 12.3 Å². The Morgan fingerprint density at radius 3 is 2.53 bits per heavy atom. The number of ether oxygens (including phenoxy) is 1. The van der Waals surface area contributed by atoms with Crippen LogP contribution >= 0.6 is 0 Å². The molecule has 1 saturated heterocycles. The van der Waals surface area contributed by atoms with E-state index < -0.39 is 11.7 Å². The number of likely N-dealkylation sites (tertiary alicyclic amines) is 1. The average Bonchev–Trinajstić information content (AvgIpc) is 3.23. The van der Waals surface area contributed by atoms with Crippen molar-refractivity contribution in [1.29, 1.82) is 0 Å². The first kappa shape index (κ1) is 22.5. The molecule has 0 unspecified atom stereocenters. The van der Waals surface area contributed by atoms with Crippen molar-refractivity contribution in [2.45, 2.75) is 31.4 Å². The van der Waals surface area contributed by atoms with E-state index in [-0.39, 0.29) is 24.3 Å². The van der Waals surface area contributed by atoms with Crippen LogP contribution in [0, 0.1) is 0 Å². The Bertz CT molecular complexity index is 963. The molecule has 1 aromatic carbocycles. The number of carbonyl (C=O) groups is 2. The van der Waals surface area contributed by atoms with Crippen LogP contribution in [0.2, 0.25) is 0 Å². The van der Waals surface area contributed by atoms with E-state index in [0.29, 0.717) is 56.8 Å². The van der Waals surface area contributed by atoms with Gasteiger partial charge >= 0.3 is 6.18 Å². The van der Waals surface area contributed by atoms with Gasteiger partial charge in [-0.05, 0) is 42.4 Å². The summed E-state index contributed by atoms with van der Waals surface area (Å²) in [4.78, 5) is 33.2. The number of hydrogen-bond donors (Lipinski definition) is 0. The summed E-state index contributed by atoms with van der Waals surface area (Å²) in [5.41, 5.74) is 1.98. The van der Waals surface area contributed by atoms with Crippen LogP contribution < -0.4 is 0 Å². The second-order valence-corrected chi connectivity index (χ2v) is 8.40. The maximum atomic E-state index is 13.4. The number of alkyl halides is 3. The molecule has 0 aliphatic carbocycles. The summed E-state index contributed by atoms with van der Waals surface area (Å²) in [6.07, 6.45) is -2.73. The summed E-state index contributed by atoms with van der Waals surface area (Å²) in [5.74, 6) is -0.563. The highest BCUT2D eigenvalue weighted by atomic mass is 19.4. The number of rotatable bonds is 4. The molecular weight excluding hydrogens is 423 g/mol. The van der Waals surface area contributed by atoms with Crippen molar-refractivity contribution in [1.82, 2.24) is 9.80 Å². The lowest BCUT2D eigenvalue weighted by Gasteiger charge is -2.34. The fourth-order valence-electron chi connectivity index (χ4n) is 4.80. The van der Waals surface area contributed by atoms with E-state index >= 15 is 0 Å². The minimum atomic E-state index is -4.39. The number of aliphatic imine (C=N–C) groups is 1. The predicted octanol–water partition coefficient (Wildman–Crippen LogP) is 3.04. The van der Waals surface area contributed by atoms with Crippen LogP contribution in [0.15, 0.2) is 40.4 Å². The molecule has 9 heteroatoms. The number of halogens is 3. The van der Waals surface area contributed by atoms with Gasteiger partial charge in [-0.3, -0.25) is 14.6 Å². The number of nitrogens with zero attached hydrogens (tertiary/aromatic N) is 3. The van der Waals surface area contributed by atoms with Crippen molar-refractivity contribution < 1.29 is 27.5 Å². The van der Waals surface area contributed by atoms with Gasteiger partial charge in [-0.15, -0.1) is 0 Å². The van der Waals surface area contributed by atoms with Gasteiger partial charge in [-0.1, -0.05) is 18.2 Å². The summed E-state index contributed by atoms with van der Waals surface area (Å²) in [6.45, 7) is 2.08. The third-order valence-corrected chi connectivity index (χ3v) is 6.44. The Labute approximate surface area is 184 Å². The molecule has 3 aliphatic heterocycles. The van der Waals surface area contributed by atoms with Crippen molar-refractivity contribution in [3.8, 4) is 0 Å². The lowest BCUT2D eigenvalue weighted by Crippen LogP contribution is -2.43. The van der Waals surface area contributed by atoms with Gasteiger partial charge in [0.25, 0.3) is 5.91 Å². The first-order valence-corrected chi connectivity index (χ1v) is 10.8. The number of benzene rings is 1. The van der Waals surface area contributed by atoms with Crippen molar-refractivity contribution in [3.63, 3.8) is 0 Å². The first-order valence-electron chi connectivity index (χ1n) is 10.8. The molecular formula is C23H26F3N3O3. The summed E-state index contributed by atoms with van der Waals surface area (Å²) in [5, 5.41) is 0. The summed E-state index contributed by atoms with van der Waals surface area (Å²) in [6, 6.07) is 5.69. The van der Waals surface area contributed by atoms with Crippen molar-refractivity contribution in [2.24, 2.45) is 4.99 Å². The predicted molar refractivity (Wildman–Crippen MR) is 112 cm³/mol. The van der Waals surface area contributed by atoms with Crippen LogP contribution in [-0.4, -0.2) is 73.8 Å². The highest BCUT2D eigenvalue weighted by Gasteiger charge is 2.38. The monoisotopic (exact) mass is 449 g/mol. The molecule has 0 bridgehead atoms. The zero-order valence-electron chi connectivity index (χ0n) is 18.0. The molecule has 0 N–H and O–H groups in total. The SMILES string of the molecule is COCC(=O)N1CC2=C(C1)C(C(=O)N1CCC(c3ccccc3C(F)(F)F)CC1)=NCC2. The van der Waals surface area contributed by atoms with Crippen molar-refractivity contribution >= 4 is 17.5 Å². The number of methoxy groups -OCH3 is 1. The number of hydrogen-bond acceptors (Lipinski definition) is 4. The van der Waals surface area contributed by atoms with Gasteiger partial charge < -0.3 is 14.5 Å². The summed E-state index contributed by atoms with van der Waals surface area (Å²) in [7, 11) is 1.47. The van der Waals surface area contributed by atoms with E-state index in [1.807, 2.05) is 0 Å². The van der Waals surface area contributed by atoms with Crippen LogP contribution in [-0.2, 0) is 20.5 Å². The Balaban J connectivity index is 1.42. The molecule has 172 valence electrons. The Kier molecular flexibility index (Phi) is 6.37. The third-order valence-electron chi connectivity index (χ3n) is 6.44. The summed E-state index contributed by atoms with van der Waals surface area (Å²) < 4.78 is 45.1. The van der Waals surface area contributed by atoms with E-state index in [1.54, 1.807) is 15.9 Å². The zero-order chi connectivity index (χ0) is 22.9. The van der Waals surface area contributed by atoms with E-state index in [9.17, 15) is 22.8 Å². The molecule has 2 amide bonds. The van der Waals surface area contributed by atoms with Crippen molar-refractivity contribution in [3.05, 3.63) is 46.5 Å². The van der Waals surface area contributed by atoms with Crippen LogP contribution in [0.4, 0.5) is 13.2 Å². The molecule has 1 fully saturated rings.